The van der Waals surface area contributed by atoms with Gasteiger partial charge in [-0.05, 0) is 24.5 Å². The van der Waals surface area contributed by atoms with Gasteiger partial charge >= 0.3 is 5.97 Å². The van der Waals surface area contributed by atoms with E-state index < -0.39 is 12.1 Å². The van der Waals surface area contributed by atoms with Gasteiger partial charge in [0.15, 0.2) is 6.10 Å². The molecule has 0 heterocycles. The number of carboxylic acids is 1. The Kier molecular flexibility index (Phi) is 6.36. The summed E-state index contributed by atoms with van der Waals surface area (Å²) in [5.41, 5.74) is 1.13. The molecule has 1 rings (SSSR count). The molecule has 4 heteroatoms. The molecule has 1 N–H and O–H groups in total. The highest BCUT2D eigenvalue weighted by molar-refractivity contribution is 5.72. The lowest BCUT2D eigenvalue weighted by atomic mass is 10.0. The molecule has 0 aliphatic heterocycles. The van der Waals surface area contributed by atoms with E-state index in [1.165, 1.54) is 0 Å². The Morgan fingerprint density at radius 3 is 2.58 bits per heavy atom. The second-order valence-electron chi connectivity index (χ2n) is 4.61. The molecule has 0 radical (unpaired) electrons. The molecule has 0 aliphatic carbocycles. The van der Waals surface area contributed by atoms with Crippen LogP contribution in [0.25, 0.3) is 0 Å². The zero-order valence-corrected chi connectivity index (χ0v) is 11.8. The predicted molar refractivity (Wildman–Crippen MR) is 73.7 cm³/mol. The first-order chi connectivity index (χ1) is 9.06. The molecule has 1 unspecified atom stereocenters. The molecular formula is C15H22O4. The summed E-state index contributed by atoms with van der Waals surface area (Å²) in [6, 6.07) is 7.82. The van der Waals surface area contributed by atoms with E-state index in [0.29, 0.717) is 25.6 Å². The molecule has 1 aromatic carbocycles. The second-order valence-corrected chi connectivity index (χ2v) is 4.61. The molecule has 106 valence electrons. The van der Waals surface area contributed by atoms with Crippen LogP contribution in [-0.2, 0) is 9.53 Å². The van der Waals surface area contributed by atoms with Crippen LogP contribution in [0.3, 0.4) is 0 Å². The lowest BCUT2D eigenvalue weighted by molar-refractivity contribution is -0.150. The summed E-state index contributed by atoms with van der Waals surface area (Å²) in [5, 5.41) is 8.96. The number of hydrogen-bond donors (Lipinski definition) is 1. The van der Waals surface area contributed by atoms with Crippen molar-refractivity contribution in [3.8, 4) is 5.75 Å². The van der Waals surface area contributed by atoms with Crippen LogP contribution >= 0.6 is 0 Å². The normalized spacial score (nSPS) is 12.4. The average Bonchev–Trinajstić information content (AvgIpc) is 2.38. The van der Waals surface area contributed by atoms with Crippen molar-refractivity contribution in [1.82, 2.24) is 0 Å². The molecule has 4 nitrogen and oxygen atoms in total. The second kappa shape index (κ2) is 7.79. The van der Waals surface area contributed by atoms with Crippen LogP contribution in [0, 0.1) is 0 Å². The maximum absolute atomic E-state index is 10.9. The van der Waals surface area contributed by atoms with Crippen molar-refractivity contribution in [3.05, 3.63) is 29.8 Å². The number of para-hydroxylation sites is 1. The van der Waals surface area contributed by atoms with Crippen LogP contribution in [0.4, 0.5) is 0 Å². The van der Waals surface area contributed by atoms with Gasteiger partial charge in [-0.15, -0.1) is 0 Å². The van der Waals surface area contributed by atoms with Gasteiger partial charge < -0.3 is 14.6 Å². The van der Waals surface area contributed by atoms with E-state index in [2.05, 4.69) is 13.8 Å². The van der Waals surface area contributed by atoms with Crippen LogP contribution in [0.2, 0.25) is 0 Å². The molecule has 0 saturated carbocycles. The van der Waals surface area contributed by atoms with Gasteiger partial charge in [0.25, 0.3) is 0 Å². The molecule has 0 bridgehead atoms. The van der Waals surface area contributed by atoms with Crippen LogP contribution < -0.4 is 4.74 Å². The summed E-state index contributed by atoms with van der Waals surface area (Å²) >= 11 is 0. The number of carbonyl (C=O) groups is 1. The van der Waals surface area contributed by atoms with Crippen LogP contribution in [-0.4, -0.2) is 30.4 Å². The fourth-order valence-electron chi connectivity index (χ4n) is 1.84. The molecule has 0 saturated heterocycles. The van der Waals surface area contributed by atoms with Gasteiger partial charge in [0.1, 0.15) is 5.75 Å². The van der Waals surface area contributed by atoms with Gasteiger partial charge in [-0.25, -0.2) is 4.79 Å². The topological polar surface area (TPSA) is 55.8 Å². The van der Waals surface area contributed by atoms with Gasteiger partial charge in [-0.1, -0.05) is 32.0 Å². The number of carboxylic acid groups (broad SMARTS) is 1. The molecule has 1 aromatic rings. The zero-order valence-electron chi connectivity index (χ0n) is 11.8. The Hall–Kier alpha value is -1.55. The Bertz CT molecular complexity index is 401. The summed E-state index contributed by atoms with van der Waals surface area (Å²) in [7, 11) is 0. The molecular weight excluding hydrogens is 244 g/mol. The van der Waals surface area contributed by atoms with E-state index in [1.54, 1.807) is 6.92 Å². The van der Waals surface area contributed by atoms with E-state index in [4.69, 9.17) is 14.6 Å². The lowest BCUT2D eigenvalue weighted by Gasteiger charge is -2.16. The fourth-order valence-corrected chi connectivity index (χ4v) is 1.84. The van der Waals surface area contributed by atoms with Gasteiger partial charge in [0, 0.05) is 13.0 Å². The number of aliphatic carboxylic acids is 1. The first-order valence-electron chi connectivity index (χ1n) is 6.62. The lowest BCUT2D eigenvalue weighted by Crippen LogP contribution is -2.26. The molecule has 0 amide bonds. The first-order valence-corrected chi connectivity index (χ1v) is 6.62. The van der Waals surface area contributed by atoms with Crippen molar-refractivity contribution in [1.29, 1.82) is 0 Å². The van der Waals surface area contributed by atoms with Crippen molar-refractivity contribution >= 4 is 5.97 Å². The average molecular weight is 266 g/mol. The monoisotopic (exact) mass is 266 g/mol. The minimum atomic E-state index is -0.942. The van der Waals surface area contributed by atoms with Crippen molar-refractivity contribution in [2.75, 3.05) is 13.2 Å². The van der Waals surface area contributed by atoms with Gasteiger partial charge in [-0.2, -0.15) is 0 Å². The SMILES string of the molecule is CCOC(CCOc1ccccc1C(C)C)C(=O)O. The number of hydrogen-bond acceptors (Lipinski definition) is 3. The van der Waals surface area contributed by atoms with Crippen molar-refractivity contribution < 1.29 is 19.4 Å². The third-order valence-corrected chi connectivity index (χ3v) is 2.82. The van der Waals surface area contributed by atoms with E-state index in [-0.39, 0.29) is 0 Å². The highest BCUT2D eigenvalue weighted by atomic mass is 16.5. The summed E-state index contributed by atoms with van der Waals surface area (Å²) in [5.74, 6) is 0.249. The van der Waals surface area contributed by atoms with Crippen molar-refractivity contribution in [2.24, 2.45) is 0 Å². The predicted octanol–water partition coefficient (Wildman–Crippen LogP) is 3.07. The van der Waals surface area contributed by atoms with E-state index in [0.717, 1.165) is 11.3 Å². The molecule has 0 fully saturated rings. The smallest absolute Gasteiger partial charge is 0.332 e. The standard InChI is InChI=1S/C15H22O4/c1-4-18-14(15(16)17)9-10-19-13-8-6-5-7-12(13)11(2)3/h5-8,11,14H,4,9-10H2,1-3H3,(H,16,17). The highest BCUT2D eigenvalue weighted by Gasteiger charge is 2.17. The third kappa shape index (κ3) is 4.91. The largest absolute Gasteiger partial charge is 0.493 e. The van der Waals surface area contributed by atoms with E-state index in [1.807, 2.05) is 24.3 Å². The van der Waals surface area contributed by atoms with Gasteiger partial charge in [-0.3, -0.25) is 0 Å². The van der Waals surface area contributed by atoms with Gasteiger partial charge in [0.05, 0.1) is 6.61 Å². The third-order valence-electron chi connectivity index (χ3n) is 2.82. The van der Waals surface area contributed by atoms with Crippen LogP contribution in [0.5, 0.6) is 5.75 Å². The summed E-state index contributed by atoms with van der Waals surface area (Å²) in [6.07, 6.45) is -0.452. The number of ether oxygens (including phenoxy) is 2. The Morgan fingerprint density at radius 2 is 2.00 bits per heavy atom. The summed E-state index contributed by atoms with van der Waals surface area (Å²) in [4.78, 5) is 10.9. The minimum absolute atomic E-state index is 0.334. The molecule has 0 aliphatic rings. The fraction of sp³-hybridized carbons (Fsp3) is 0.533. The van der Waals surface area contributed by atoms with Crippen LogP contribution in [0.15, 0.2) is 24.3 Å². The molecule has 0 aromatic heterocycles. The Labute approximate surface area is 114 Å². The maximum Gasteiger partial charge on any atom is 0.332 e. The first kappa shape index (κ1) is 15.5. The highest BCUT2D eigenvalue weighted by Crippen LogP contribution is 2.25. The maximum atomic E-state index is 10.9. The summed E-state index contributed by atoms with van der Waals surface area (Å²) in [6.45, 7) is 6.70. The summed E-state index contributed by atoms with van der Waals surface area (Å²) < 4.78 is 10.8. The molecule has 19 heavy (non-hydrogen) atoms. The molecule has 1 atom stereocenters. The number of benzene rings is 1. The van der Waals surface area contributed by atoms with Crippen LogP contribution in [0.1, 0.15) is 38.7 Å². The van der Waals surface area contributed by atoms with Gasteiger partial charge in [0.2, 0.25) is 0 Å². The minimum Gasteiger partial charge on any atom is -0.493 e. The van der Waals surface area contributed by atoms with Crippen molar-refractivity contribution in [3.63, 3.8) is 0 Å². The van der Waals surface area contributed by atoms with Crippen molar-refractivity contribution in [2.45, 2.75) is 39.2 Å². The number of rotatable bonds is 8. The molecule has 0 spiro atoms. The zero-order chi connectivity index (χ0) is 14.3. The Balaban J connectivity index is 2.55. The quantitative estimate of drug-likeness (QED) is 0.785. The Morgan fingerprint density at radius 1 is 1.32 bits per heavy atom. The van der Waals surface area contributed by atoms with E-state index >= 15 is 0 Å². The van der Waals surface area contributed by atoms with E-state index in [9.17, 15) is 4.79 Å².